The summed E-state index contributed by atoms with van der Waals surface area (Å²) in [6, 6.07) is 0. The quantitative estimate of drug-likeness (QED) is 0.551. The molecule has 0 aromatic carbocycles. The molecule has 0 aromatic heterocycles. The van der Waals surface area contributed by atoms with Crippen molar-refractivity contribution in [3.05, 3.63) is 0 Å². The molecule has 4 heteroatoms. The van der Waals surface area contributed by atoms with Gasteiger partial charge in [0.2, 0.25) is 5.91 Å². The first-order valence-electron chi connectivity index (χ1n) is 5.19. The van der Waals surface area contributed by atoms with Crippen LogP contribution in [0.4, 0.5) is 0 Å². The lowest BCUT2D eigenvalue weighted by Gasteiger charge is -2.30. The molecule has 1 rings (SSSR count). The van der Waals surface area contributed by atoms with Crippen molar-refractivity contribution in [2.45, 2.75) is 31.4 Å². The van der Waals surface area contributed by atoms with E-state index >= 15 is 0 Å². The average molecular weight is 236 g/mol. The number of carbonyl (C=O) groups excluding carboxylic acids is 1. The summed E-state index contributed by atoms with van der Waals surface area (Å²) in [7, 11) is 0. The molecule has 0 spiro atoms. The summed E-state index contributed by atoms with van der Waals surface area (Å²) >= 11 is 7.52. The Morgan fingerprint density at radius 2 is 2.36 bits per heavy atom. The topological polar surface area (TPSA) is 20.3 Å². The van der Waals surface area contributed by atoms with Gasteiger partial charge < -0.3 is 4.90 Å². The largest absolute Gasteiger partial charge is 0.341 e. The minimum atomic E-state index is 0.308. The molecule has 1 amide bonds. The SMILES string of the molecule is CC1CN(C(=O)CCCCCl)CCS1. The van der Waals surface area contributed by atoms with Gasteiger partial charge in [-0.1, -0.05) is 6.92 Å². The number of unbranched alkanes of at least 4 members (excludes halogenated alkanes) is 1. The van der Waals surface area contributed by atoms with Crippen molar-refractivity contribution in [3.8, 4) is 0 Å². The molecule has 1 atom stereocenters. The maximum absolute atomic E-state index is 11.7. The third kappa shape index (κ3) is 4.09. The molecule has 14 heavy (non-hydrogen) atoms. The lowest BCUT2D eigenvalue weighted by molar-refractivity contribution is -0.131. The fourth-order valence-corrected chi connectivity index (χ4v) is 2.78. The fourth-order valence-electron chi connectivity index (χ4n) is 1.57. The van der Waals surface area contributed by atoms with E-state index in [-0.39, 0.29) is 0 Å². The van der Waals surface area contributed by atoms with E-state index in [9.17, 15) is 4.79 Å². The number of hydrogen-bond acceptors (Lipinski definition) is 2. The van der Waals surface area contributed by atoms with Gasteiger partial charge in [0.1, 0.15) is 0 Å². The van der Waals surface area contributed by atoms with Gasteiger partial charge in [0, 0.05) is 36.4 Å². The summed E-state index contributed by atoms with van der Waals surface area (Å²) in [5.41, 5.74) is 0. The molecular formula is C10H18ClNOS. The van der Waals surface area contributed by atoms with E-state index in [4.69, 9.17) is 11.6 Å². The van der Waals surface area contributed by atoms with Crippen LogP contribution in [-0.2, 0) is 4.79 Å². The molecule has 1 heterocycles. The van der Waals surface area contributed by atoms with Crippen LogP contribution in [0.25, 0.3) is 0 Å². The van der Waals surface area contributed by atoms with Crippen molar-refractivity contribution in [3.63, 3.8) is 0 Å². The summed E-state index contributed by atoms with van der Waals surface area (Å²) in [6.07, 6.45) is 2.55. The van der Waals surface area contributed by atoms with E-state index in [2.05, 4.69) is 6.92 Å². The number of hydrogen-bond donors (Lipinski definition) is 0. The second-order valence-corrected chi connectivity index (χ2v) is 5.59. The molecule has 0 aliphatic carbocycles. The zero-order valence-electron chi connectivity index (χ0n) is 8.67. The number of rotatable bonds is 4. The molecule has 0 saturated carbocycles. The average Bonchev–Trinajstić information content (AvgIpc) is 2.18. The molecule has 0 aromatic rings. The van der Waals surface area contributed by atoms with Crippen LogP contribution in [0.1, 0.15) is 26.2 Å². The molecule has 1 aliphatic heterocycles. The number of thioether (sulfide) groups is 1. The van der Waals surface area contributed by atoms with Gasteiger partial charge in [-0.05, 0) is 12.8 Å². The van der Waals surface area contributed by atoms with Gasteiger partial charge in [-0.3, -0.25) is 4.79 Å². The lowest BCUT2D eigenvalue weighted by atomic mass is 10.2. The van der Waals surface area contributed by atoms with Gasteiger partial charge in [-0.25, -0.2) is 0 Å². The number of amides is 1. The van der Waals surface area contributed by atoms with Gasteiger partial charge in [-0.15, -0.1) is 11.6 Å². The Labute approximate surface area is 95.4 Å². The van der Waals surface area contributed by atoms with E-state index in [1.807, 2.05) is 16.7 Å². The number of alkyl halides is 1. The van der Waals surface area contributed by atoms with E-state index in [0.29, 0.717) is 23.5 Å². The lowest BCUT2D eigenvalue weighted by Crippen LogP contribution is -2.40. The van der Waals surface area contributed by atoms with Gasteiger partial charge >= 0.3 is 0 Å². The Morgan fingerprint density at radius 3 is 3.00 bits per heavy atom. The van der Waals surface area contributed by atoms with Crippen LogP contribution in [0.5, 0.6) is 0 Å². The zero-order chi connectivity index (χ0) is 10.4. The summed E-state index contributed by atoms with van der Waals surface area (Å²) in [5, 5.41) is 0.598. The molecule has 0 radical (unpaired) electrons. The first kappa shape index (κ1) is 12.2. The first-order chi connectivity index (χ1) is 6.74. The van der Waals surface area contributed by atoms with Crippen molar-refractivity contribution in [2.24, 2.45) is 0 Å². The summed E-state index contributed by atoms with van der Waals surface area (Å²) in [6.45, 7) is 4.03. The molecule has 82 valence electrons. The Hall–Kier alpha value is 0.110. The normalized spacial score (nSPS) is 22.4. The number of nitrogens with zero attached hydrogens (tertiary/aromatic N) is 1. The van der Waals surface area contributed by atoms with Crippen molar-refractivity contribution >= 4 is 29.3 Å². The van der Waals surface area contributed by atoms with Gasteiger partial charge in [0.15, 0.2) is 0 Å². The monoisotopic (exact) mass is 235 g/mol. The molecule has 1 unspecified atom stereocenters. The molecule has 1 fully saturated rings. The highest BCUT2D eigenvalue weighted by molar-refractivity contribution is 7.99. The molecule has 1 aliphatic rings. The Kier molecular flexibility index (Phi) is 5.71. The molecular weight excluding hydrogens is 218 g/mol. The van der Waals surface area contributed by atoms with Crippen molar-refractivity contribution in [2.75, 3.05) is 24.7 Å². The van der Waals surface area contributed by atoms with Crippen molar-refractivity contribution in [1.29, 1.82) is 0 Å². The van der Waals surface area contributed by atoms with Crippen LogP contribution in [-0.4, -0.2) is 40.8 Å². The van der Waals surface area contributed by atoms with Gasteiger partial charge in [0.05, 0.1) is 0 Å². The minimum Gasteiger partial charge on any atom is -0.341 e. The third-order valence-electron chi connectivity index (χ3n) is 2.37. The third-order valence-corrected chi connectivity index (χ3v) is 3.77. The smallest absolute Gasteiger partial charge is 0.222 e. The van der Waals surface area contributed by atoms with E-state index < -0.39 is 0 Å². The standard InChI is InChI=1S/C10H18ClNOS/c1-9-8-12(6-7-14-9)10(13)4-2-3-5-11/h9H,2-8H2,1H3. The van der Waals surface area contributed by atoms with E-state index in [0.717, 1.165) is 31.7 Å². The Morgan fingerprint density at radius 1 is 1.57 bits per heavy atom. The van der Waals surface area contributed by atoms with Crippen LogP contribution in [0.15, 0.2) is 0 Å². The van der Waals surface area contributed by atoms with Gasteiger partial charge in [0.25, 0.3) is 0 Å². The predicted octanol–water partition coefficient (Wildman–Crippen LogP) is 2.36. The fraction of sp³-hybridized carbons (Fsp3) is 0.900. The number of halogens is 1. The summed E-state index contributed by atoms with van der Waals surface area (Å²) in [5.74, 6) is 2.06. The maximum atomic E-state index is 11.7. The maximum Gasteiger partial charge on any atom is 0.222 e. The van der Waals surface area contributed by atoms with E-state index in [1.165, 1.54) is 0 Å². The summed E-state index contributed by atoms with van der Waals surface area (Å²) in [4.78, 5) is 13.7. The highest BCUT2D eigenvalue weighted by Gasteiger charge is 2.20. The van der Waals surface area contributed by atoms with Crippen LogP contribution in [0.2, 0.25) is 0 Å². The minimum absolute atomic E-state index is 0.308. The molecule has 2 nitrogen and oxygen atoms in total. The molecule has 1 saturated heterocycles. The second kappa shape index (κ2) is 6.57. The molecule has 0 N–H and O–H groups in total. The Balaban J connectivity index is 2.22. The number of carbonyl (C=O) groups is 1. The van der Waals surface area contributed by atoms with Crippen LogP contribution < -0.4 is 0 Å². The van der Waals surface area contributed by atoms with E-state index in [1.54, 1.807) is 0 Å². The second-order valence-electron chi connectivity index (χ2n) is 3.67. The highest BCUT2D eigenvalue weighted by Crippen LogP contribution is 2.18. The molecule has 0 bridgehead atoms. The Bertz CT molecular complexity index is 189. The van der Waals surface area contributed by atoms with Gasteiger partial charge in [-0.2, -0.15) is 11.8 Å². The van der Waals surface area contributed by atoms with Crippen LogP contribution >= 0.6 is 23.4 Å². The van der Waals surface area contributed by atoms with Crippen molar-refractivity contribution < 1.29 is 4.79 Å². The van der Waals surface area contributed by atoms with Crippen LogP contribution in [0, 0.1) is 0 Å². The van der Waals surface area contributed by atoms with Crippen molar-refractivity contribution in [1.82, 2.24) is 4.90 Å². The zero-order valence-corrected chi connectivity index (χ0v) is 10.2. The predicted molar refractivity (Wildman–Crippen MR) is 63.1 cm³/mol. The highest BCUT2D eigenvalue weighted by atomic mass is 35.5. The summed E-state index contributed by atoms with van der Waals surface area (Å²) < 4.78 is 0. The first-order valence-corrected chi connectivity index (χ1v) is 6.77. The van der Waals surface area contributed by atoms with Crippen LogP contribution in [0.3, 0.4) is 0 Å².